The number of aromatic nitrogens is 1. The number of rotatable bonds is 6. The third-order valence-electron chi connectivity index (χ3n) is 4.17. The molecule has 0 bridgehead atoms. The molecule has 3 heteroatoms. The number of amides is 1. The van der Waals surface area contributed by atoms with Crippen molar-refractivity contribution < 1.29 is 4.79 Å². The van der Waals surface area contributed by atoms with E-state index in [0.717, 1.165) is 22.9 Å². The number of benzene rings is 1. The lowest BCUT2D eigenvalue weighted by Gasteiger charge is -2.11. The van der Waals surface area contributed by atoms with Gasteiger partial charge in [0.2, 0.25) is 0 Å². The van der Waals surface area contributed by atoms with Gasteiger partial charge in [-0.25, -0.2) is 4.79 Å². The summed E-state index contributed by atoms with van der Waals surface area (Å²) in [6.45, 7) is 2.24. The summed E-state index contributed by atoms with van der Waals surface area (Å²) in [4.78, 5) is 13.8. The van der Waals surface area contributed by atoms with Crippen LogP contribution in [0.25, 0.3) is 10.9 Å². The Kier molecular flexibility index (Phi) is 6.93. The van der Waals surface area contributed by atoms with E-state index in [2.05, 4.69) is 18.8 Å². The number of carbonyl (C=O) groups is 1. The smallest absolute Gasteiger partial charge is 0.328 e. The lowest BCUT2D eigenvalue weighted by Crippen LogP contribution is -2.26. The minimum Gasteiger partial charge on any atom is -0.330 e. The molecule has 0 fully saturated rings. The zero-order chi connectivity index (χ0) is 17.4. The Labute approximate surface area is 145 Å². The van der Waals surface area contributed by atoms with Crippen LogP contribution >= 0.6 is 0 Å². The molecule has 0 unspecified atom stereocenters. The lowest BCUT2D eigenvalue weighted by molar-refractivity contribution is 0.220. The second-order valence-electron chi connectivity index (χ2n) is 6.46. The fourth-order valence-electron chi connectivity index (χ4n) is 2.75. The van der Waals surface area contributed by atoms with Gasteiger partial charge in [-0.3, -0.25) is 4.57 Å². The van der Waals surface area contributed by atoms with E-state index in [9.17, 15) is 4.79 Å². The van der Waals surface area contributed by atoms with E-state index in [-0.39, 0.29) is 6.03 Å². The Morgan fingerprint density at radius 1 is 1.08 bits per heavy atom. The predicted molar refractivity (Wildman–Crippen MR) is 101 cm³/mol. The first-order valence-electron chi connectivity index (χ1n) is 8.95. The highest BCUT2D eigenvalue weighted by Gasteiger charge is 2.10. The van der Waals surface area contributed by atoms with Crippen molar-refractivity contribution in [3.05, 3.63) is 36.0 Å². The molecular formula is C21H28N2O. The van der Waals surface area contributed by atoms with Gasteiger partial charge in [-0.1, -0.05) is 56.9 Å². The summed E-state index contributed by atoms with van der Waals surface area (Å²) in [7, 11) is 3.52. The zero-order valence-electron chi connectivity index (χ0n) is 15.1. The number of hydrogen-bond donors (Lipinski definition) is 0. The zero-order valence-corrected chi connectivity index (χ0v) is 15.1. The van der Waals surface area contributed by atoms with Crippen LogP contribution in [0.3, 0.4) is 0 Å². The Morgan fingerprint density at radius 3 is 2.58 bits per heavy atom. The maximum Gasteiger partial charge on any atom is 0.328 e. The summed E-state index contributed by atoms with van der Waals surface area (Å²) >= 11 is 0. The van der Waals surface area contributed by atoms with Gasteiger partial charge in [0.15, 0.2) is 0 Å². The maximum absolute atomic E-state index is 12.2. The molecule has 2 aromatic rings. The van der Waals surface area contributed by atoms with Crippen molar-refractivity contribution in [1.29, 1.82) is 0 Å². The summed E-state index contributed by atoms with van der Waals surface area (Å²) < 4.78 is 1.67. The number of nitrogens with zero attached hydrogens (tertiary/aromatic N) is 2. The van der Waals surface area contributed by atoms with Crippen molar-refractivity contribution in [2.24, 2.45) is 0 Å². The van der Waals surface area contributed by atoms with Crippen molar-refractivity contribution in [3.8, 4) is 11.8 Å². The van der Waals surface area contributed by atoms with Crippen LogP contribution in [0.4, 0.5) is 4.79 Å². The summed E-state index contributed by atoms with van der Waals surface area (Å²) in [5.74, 6) is 6.50. The molecule has 3 nitrogen and oxygen atoms in total. The highest BCUT2D eigenvalue weighted by atomic mass is 16.2. The van der Waals surface area contributed by atoms with Gasteiger partial charge in [0, 0.05) is 37.7 Å². The Balaban J connectivity index is 1.97. The Hall–Kier alpha value is -2.21. The average molecular weight is 324 g/mol. The summed E-state index contributed by atoms with van der Waals surface area (Å²) in [5, 5.41) is 1.06. The van der Waals surface area contributed by atoms with Crippen molar-refractivity contribution in [2.75, 3.05) is 14.1 Å². The molecule has 1 amide bonds. The first kappa shape index (κ1) is 18.1. The minimum atomic E-state index is -0.0396. The third kappa shape index (κ3) is 4.89. The van der Waals surface area contributed by atoms with Crippen LogP contribution in [-0.4, -0.2) is 29.6 Å². The maximum atomic E-state index is 12.2. The second kappa shape index (κ2) is 9.17. The number of hydrogen-bond acceptors (Lipinski definition) is 1. The van der Waals surface area contributed by atoms with E-state index in [1.807, 2.05) is 30.5 Å². The largest absolute Gasteiger partial charge is 0.330 e. The molecular weight excluding hydrogens is 296 g/mol. The molecule has 1 heterocycles. The average Bonchev–Trinajstić information content (AvgIpc) is 2.99. The molecule has 2 rings (SSSR count). The summed E-state index contributed by atoms with van der Waals surface area (Å²) in [6, 6.07) is 7.99. The SMILES string of the molecule is CCCCCCCCC#Cc1ccc2ccn(C(=O)N(C)C)c2c1. The lowest BCUT2D eigenvalue weighted by atomic mass is 10.1. The third-order valence-corrected chi connectivity index (χ3v) is 4.17. The highest BCUT2D eigenvalue weighted by molar-refractivity contribution is 5.92. The van der Waals surface area contributed by atoms with Gasteiger partial charge in [-0.2, -0.15) is 0 Å². The van der Waals surface area contributed by atoms with Crippen LogP contribution < -0.4 is 0 Å². The molecule has 0 aliphatic carbocycles. The molecule has 0 saturated heterocycles. The normalized spacial score (nSPS) is 10.5. The molecule has 0 radical (unpaired) electrons. The van der Waals surface area contributed by atoms with Gasteiger partial charge in [-0.15, -0.1) is 0 Å². The van der Waals surface area contributed by atoms with Crippen molar-refractivity contribution in [2.45, 2.75) is 51.9 Å². The van der Waals surface area contributed by atoms with E-state index in [0.29, 0.717) is 0 Å². The molecule has 0 aliphatic heterocycles. The minimum absolute atomic E-state index is 0.0396. The molecule has 0 aliphatic rings. The standard InChI is InChI=1S/C21H28N2O/c1-4-5-6-7-8-9-10-11-12-18-13-14-19-15-16-23(20(19)17-18)21(24)22(2)3/h13-17H,4-10H2,1-3H3. The molecule has 0 saturated carbocycles. The quantitative estimate of drug-likeness (QED) is 0.524. The first-order valence-corrected chi connectivity index (χ1v) is 8.95. The van der Waals surface area contributed by atoms with Crippen molar-refractivity contribution in [1.82, 2.24) is 9.47 Å². The Bertz CT molecular complexity index is 731. The van der Waals surface area contributed by atoms with Crippen LogP contribution in [0.2, 0.25) is 0 Å². The van der Waals surface area contributed by atoms with Gasteiger partial charge in [0.25, 0.3) is 0 Å². The molecule has 128 valence electrons. The van der Waals surface area contributed by atoms with E-state index >= 15 is 0 Å². The first-order chi connectivity index (χ1) is 11.6. The fourth-order valence-corrected chi connectivity index (χ4v) is 2.75. The van der Waals surface area contributed by atoms with E-state index in [1.54, 1.807) is 23.6 Å². The van der Waals surface area contributed by atoms with Crippen LogP contribution in [-0.2, 0) is 0 Å². The molecule has 0 atom stereocenters. The number of fused-ring (bicyclic) bond motifs is 1. The number of unbranched alkanes of at least 4 members (excludes halogenated alkanes) is 6. The van der Waals surface area contributed by atoms with Gasteiger partial charge in [0.05, 0.1) is 5.52 Å². The van der Waals surface area contributed by atoms with E-state index in [1.165, 1.54) is 38.5 Å². The van der Waals surface area contributed by atoms with Crippen LogP contribution in [0.15, 0.2) is 30.5 Å². The second-order valence-corrected chi connectivity index (χ2v) is 6.46. The highest BCUT2D eigenvalue weighted by Crippen LogP contribution is 2.18. The monoisotopic (exact) mass is 324 g/mol. The van der Waals surface area contributed by atoms with Gasteiger partial charge in [-0.05, 0) is 24.6 Å². The summed E-state index contributed by atoms with van der Waals surface area (Å²) in [5.41, 5.74) is 1.89. The van der Waals surface area contributed by atoms with E-state index in [4.69, 9.17) is 0 Å². The number of carbonyl (C=O) groups excluding carboxylic acids is 1. The van der Waals surface area contributed by atoms with Crippen LogP contribution in [0, 0.1) is 11.8 Å². The topological polar surface area (TPSA) is 25.2 Å². The van der Waals surface area contributed by atoms with Gasteiger partial charge < -0.3 is 4.90 Å². The Morgan fingerprint density at radius 2 is 1.83 bits per heavy atom. The molecule has 24 heavy (non-hydrogen) atoms. The van der Waals surface area contributed by atoms with Crippen molar-refractivity contribution >= 4 is 16.9 Å². The van der Waals surface area contributed by atoms with E-state index < -0.39 is 0 Å². The van der Waals surface area contributed by atoms with Crippen LogP contribution in [0.1, 0.15) is 57.4 Å². The van der Waals surface area contributed by atoms with Crippen LogP contribution in [0.5, 0.6) is 0 Å². The fraction of sp³-hybridized carbons (Fsp3) is 0.476. The molecule has 0 spiro atoms. The van der Waals surface area contributed by atoms with Gasteiger partial charge in [0.1, 0.15) is 0 Å². The van der Waals surface area contributed by atoms with Crippen molar-refractivity contribution in [3.63, 3.8) is 0 Å². The van der Waals surface area contributed by atoms with Gasteiger partial charge >= 0.3 is 6.03 Å². The predicted octanol–water partition coefficient (Wildman–Crippen LogP) is 5.27. The molecule has 1 aromatic carbocycles. The molecule has 0 N–H and O–H groups in total. The summed E-state index contributed by atoms with van der Waals surface area (Å²) in [6.07, 6.45) is 10.5. The molecule has 1 aromatic heterocycles.